The fourth-order valence-corrected chi connectivity index (χ4v) is 3.40. The number of ether oxygens (including phenoxy) is 1. The van der Waals surface area contributed by atoms with Crippen molar-refractivity contribution in [3.63, 3.8) is 0 Å². The summed E-state index contributed by atoms with van der Waals surface area (Å²) in [4.78, 5) is 25.4. The van der Waals surface area contributed by atoms with Crippen LogP contribution in [0.5, 0.6) is 5.75 Å². The summed E-state index contributed by atoms with van der Waals surface area (Å²) in [5.41, 5.74) is 7.99. The average molecular weight is 471 g/mol. The standard InChI is InChI=1S/C26H38N4O4/c1-19(2)16-23(27)25(32)30-24(26(33)29-13-12-28-14-15-31)17-20-8-10-22(11-9-20)34-18-21-6-4-3-5-7-21/h3-11,19,23-24,28,31H,12-18,27H2,1-2H3,(H,29,33)(H,30,32). The molecule has 2 rings (SSSR count). The molecule has 0 saturated carbocycles. The third-order valence-corrected chi connectivity index (χ3v) is 5.20. The Morgan fingerprint density at radius 3 is 2.29 bits per heavy atom. The van der Waals surface area contributed by atoms with E-state index in [-0.39, 0.29) is 24.3 Å². The van der Waals surface area contributed by atoms with E-state index >= 15 is 0 Å². The number of nitrogens with two attached hydrogens (primary N) is 1. The van der Waals surface area contributed by atoms with E-state index in [0.717, 1.165) is 16.9 Å². The molecule has 0 bridgehead atoms. The smallest absolute Gasteiger partial charge is 0.242 e. The largest absolute Gasteiger partial charge is 0.489 e. The number of hydrogen-bond donors (Lipinski definition) is 5. The van der Waals surface area contributed by atoms with Crippen LogP contribution >= 0.6 is 0 Å². The molecule has 186 valence electrons. The van der Waals surface area contributed by atoms with E-state index in [1.54, 1.807) is 0 Å². The maximum Gasteiger partial charge on any atom is 0.242 e. The van der Waals surface area contributed by atoms with Crippen LogP contribution in [-0.2, 0) is 22.6 Å². The third-order valence-electron chi connectivity index (χ3n) is 5.20. The molecule has 2 unspecified atom stereocenters. The number of aliphatic hydroxyl groups excluding tert-OH is 1. The SMILES string of the molecule is CC(C)CC(N)C(=O)NC(Cc1ccc(OCc2ccccc2)cc1)C(=O)NCCNCCO. The zero-order chi connectivity index (χ0) is 24.8. The first kappa shape index (κ1) is 27.3. The van der Waals surface area contributed by atoms with Gasteiger partial charge in [-0.3, -0.25) is 9.59 Å². The molecule has 34 heavy (non-hydrogen) atoms. The molecule has 0 fully saturated rings. The van der Waals surface area contributed by atoms with Crippen LogP contribution < -0.4 is 26.4 Å². The van der Waals surface area contributed by atoms with E-state index in [2.05, 4.69) is 16.0 Å². The van der Waals surface area contributed by atoms with Crippen LogP contribution in [0.4, 0.5) is 0 Å². The van der Waals surface area contributed by atoms with Crippen molar-refractivity contribution in [1.29, 1.82) is 0 Å². The van der Waals surface area contributed by atoms with Crippen LogP contribution in [0.3, 0.4) is 0 Å². The van der Waals surface area contributed by atoms with Crippen molar-refractivity contribution in [2.24, 2.45) is 11.7 Å². The van der Waals surface area contributed by atoms with Gasteiger partial charge in [-0.1, -0.05) is 56.3 Å². The zero-order valence-corrected chi connectivity index (χ0v) is 20.1. The number of hydrogen-bond acceptors (Lipinski definition) is 6. The fraction of sp³-hybridized carbons (Fsp3) is 0.462. The van der Waals surface area contributed by atoms with Gasteiger partial charge in [0, 0.05) is 26.1 Å². The van der Waals surface area contributed by atoms with Gasteiger partial charge in [0.25, 0.3) is 0 Å². The van der Waals surface area contributed by atoms with Gasteiger partial charge in [-0.15, -0.1) is 0 Å². The van der Waals surface area contributed by atoms with Gasteiger partial charge in [-0.05, 0) is 35.6 Å². The number of rotatable bonds is 15. The molecule has 0 aromatic heterocycles. The second-order valence-electron chi connectivity index (χ2n) is 8.68. The van der Waals surface area contributed by atoms with Crippen LogP contribution in [0.25, 0.3) is 0 Å². The maximum atomic E-state index is 12.8. The highest BCUT2D eigenvalue weighted by Crippen LogP contribution is 2.16. The number of amides is 2. The highest BCUT2D eigenvalue weighted by Gasteiger charge is 2.24. The molecule has 8 nitrogen and oxygen atoms in total. The number of aliphatic hydroxyl groups is 1. The van der Waals surface area contributed by atoms with Crippen LogP contribution in [-0.4, -0.2) is 55.2 Å². The van der Waals surface area contributed by atoms with Crippen molar-refractivity contribution < 1.29 is 19.4 Å². The molecular formula is C26H38N4O4. The Kier molecular flexibility index (Phi) is 12.1. The molecule has 2 aromatic carbocycles. The summed E-state index contributed by atoms with van der Waals surface area (Å²) in [6.07, 6.45) is 0.869. The van der Waals surface area contributed by atoms with Gasteiger partial charge in [-0.25, -0.2) is 0 Å². The molecular weight excluding hydrogens is 432 g/mol. The Morgan fingerprint density at radius 1 is 0.941 bits per heavy atom. The lowest BCUT2D eigenvalue weighted by molar-refractivity contribution is -0.129. The molecule has 2 atom stereocenters. The number of nitrogens with one attached hydrogen (secondary N) is 3. The molecule has 6 N–H and O–H groups in total. The number of carbonyl (C=O) groups is 2. The normalized spacial score (nSPS) is 12.7. The predicted octanol–water partition coefficient (Wildman–Crippen LogP) is 1.36. The lowest BCUT2D eigenvalue weighted by Crippen LogP contribution is -2.53. The van der Waals surface area contributed by atoms with Gasteiger partial charge in [0.05, 0.1) is 12.6 Å². The quantitative estimate of drug-likeness (QED) is 0.250. The second-order valence-corrected chi connectivity index (χ2v) is 8.68. The van der Waals surface area contributed by atoms with E-state index in [1.165, 1.54) is 0 Å². The van der Waals surface area contributed by atoms with Crippen LogP contribution in [0, 0.1) is 5.92 Å². The molecule has 2 aromatic rings. The molecule has 2 amide bonds. The molecule has 0 aliphatic carbocycles. The minimum Gasteiger partial charge on any atom is -0.489 e. The summed E-state index contributed by atoms with van der Waals surface area (Å²) in [5, 5.41) is 17.5. The molecule has 0 radical (unpaired) electrons. The molecule has 0 aliphatic rings. The first-order chi connectivity index (χ1) is 16.4. The fourth-order valence-electron chi connectivity index (χ4n) is 3.40. The molecule has 0 saturated heterocycles. The lowest BCUT2D eigenvalue weighted by Gasteiger charge is -2.22. The molecule has 0 spiro atoms. The molecule has 8 heteroatoms. The Balaban J connectivity index is 1.98. The Morgan fingerprint density at radius 2 is 1.65 bits per heavy atom. The monoisotopic (exact) mass is 470 g/mol. The van der Waals surface area contributed by atoms with Crippen LogP contribution in [0.1, 0.15) is 31.4 Å². The van der Waals surface area contributed by atoms with Gasteiger partial charge >= 0.3 is 0 Å². The molecule has 0 heterocycles. The highest BCUT2D eigenvalue weighted by atomic mass is 16.5. The first-order valence-electron chi connectivity index (χ1n) is 11.8. The number of benzene rings is 2. The van der Waals surface area contributed by atoms with E-state index in [0.29, 0.717) is 39.1 Å². The zero-order valence-electron chi connectivity index (χ0n) is 20.1. The van der Waals surface area contributed by atoms with Gasteiger partial charge in [-0.2, -0.15) is 0 Å². The summed E-state index contributed by atoms with van der Waals surface area (Å²) in [5.74, 6) is 0.385. The first-order valence-corrected chi connectivity index (χ1v) is 11.8. The summed E-state index contributed by atoms with van der Waals surface area (Å²) in [6, 6.07) is 16.0. The van der Waals surface area contributed by atoms with Crippen LogP contribution in [0.2, 0.25) is 0 Å². The van der Waals surface area contributed by atoms with Gasteiger partial charge in [0.15, 0.2) is 0 Å². The summed E-state index contributed by atoms with van der Waals surface area (Å²) < 4.78 is 5.83. The van der Waals surface area contributed by atoms with Crippen LogP contribution in [0.15, 0.2) is 54.6 Å². The van der Waals surface area contributed by atoms with E-state index in [4.69, 9.17) is 15.6 Å². The van der Waals surface area contributed by atoms with Crippen molar-refractivity contribution in [3.05, 3.63) is 65.7 Å². The minimum atomic E-state index is -0.750. The van der Waals surface area contributed by atoms with Gasteiger partial charge in [0.2, 0.25) is 11.8 Å². The third kappa shape index (κ3) is 10.3. The summed E-state index contributed by atoms with van der Waals surface area (Å²) >= 11 is 0. The average Bonchev–Trinajstić information content (AvgIpc) is 2.83. The molecule has 0 aliphatic heterocycles. The van der Waals surface area contributed by atoms with Crippen molar-refractivity contribution in [3.8, 4) is 5.75 Å². The Bertz CT molecular complexity index is 859. The van der Waals surface area contributed by atoms with Gasteiger partial charge in [0.1, 0.15) is 18.4 Å². The van der Waals surface area contributed by atoms with E-state index < -0.39 is 12.1 Å². The van der Waals surface area contributed by atoms with E-state index in [1.807, 2.05) is 68.4 Å². The number of carbonyl (C=O) groups excluding carboxylic acids is 2. The maximum absolute atomic E-state index is 12.8. The van der Waals surface area contributed by atoms with E-state index in [9.17, 15) is 9.59 Å². The summed E-state index contributed by atoms with van der Waals surface area (Å²) in [6.45, 7) is 5.86. The van der Waals surface area contributed by atoms with Gasteiger partial charge < -0.3 is 31.5 Å². The summed E-state index contributed by atoms with van der Waals surface area (Å²) in [7, 11) is 0. The predicted molar refractivity (Wildman–Crippen MR) is 133 cm³/mol. The van der Waals surface area contributed by atoms with Crippen molar-refractivity contribution >= 4 is 11.8 Å². The minimum absolute atomic E-state index is 0.0332. The van der Waals surface area contributed by atoms with Crippen molar-refractivity contribution in [1.82, 2.24) is 16.0 Å². The highest BCUT2D eigenvalue weighted by molar-refractivity contribution is 5.89. The van der Waals surface area contributed by atoms with Crippen molar-refractivity contribution in [2.45, 2.75) is 45.4 Å². The Labute approximate surface area is 202 Å². The topological polar surface area (TPSA) is 126 Å². The van der Waals surface area contributed by atoms with Crippen molar-refractivity contribution in [2.75, 3.05) is 26.2 Å². The lowest BCUT2D eigenvalue weighted by atomic mass is 10.0. The second kappa shape index (κ2) is 15.1. The Hall–Kier alpha value is -2.94.